The van der Waals surface area contributed by atoms with Crippen LogP contribution < -0.4 is 9.47 Å². The molecule has 2 aromatic carbocycles. The monoisotopic (exact) mass is 499 g/mol. The molecule has 1 aliphatic heterocycles. The van der Waals surface area contributed by atoms with Crippen molar-refractivity contribution in [3.8, 4) is 17.2 Å². The number of ketones is 1. The lowest BCUT2D eigenvalue weighted by atomic mass is 9.94. The first-order valence-electron chi connectivity index (χ1n) is 11.2. The zero-order valence-corrected chi connectivity index (χ0v) is 20.4. The van der Waals surface area contributed by atoms with Crippen LogP contribution in [0.3, 0.4) is 0 Å². The highest BCUT2D eigenvalue weighted by Gasteiger charge is 2.44. The van der Waals surface area contributed by atoms with Gasteiger partial charge in [-0.25, -0.2) is 0 Å². The molecule has 0 saturated carbocycles. The molecular formula is C26H26ClNO7. The number of fused-ring (bicyclic) bond motifs is 1. The number of halogens is 1. The molecule has 2 N–H and O–H groups in total. The maximum absolute atomic E-state index is 13.7. The van der Waals surface area contributed by atoms with Gasteiger partial charge < -0.3 is 29.0 Å². The number of nitrogens with zero attached hydrogens (tertiary/aromatic N) is 1. The topological polar surface area (TPSA) is 109 Å². The van der Waals surface area contributed by atoms with Crippen LogP contribution in [0.5, 0.6) is 17.2 Å². The van der Waals surface area contributed by atoms with Gasteiger partial charge >= 0.3 is 0 Å². The standard InChI is InChI=1S/C26H26ClNO7/c1-4-5-6-9-28-22(14-7-8-18(33-2)17(29)11-14)21(24(31)26(28)32)23(30)19-12-15-10-16(27)13-20(34-3)25(15)35-19/h7-8,10-13,22,29,31H,4-6,9H2,1-3H3. The van der Waals surface area contributed by atoms with Crippen molar-refractivity contribution in [2.45, 2.75) is 32.2 Å². The number of carbonyl (C=O) groups excluding carboxylic acids is 2. The van der Waals surface area contributed by atoms with Crippen molar-refractivity contribution < 1.29 is 33.7 Å². The van der Waals surface area contributed by atoms with Crippen LogP contribution in [-0.2, 0) is 4.79 Å². The minimum atomic E-state index is -0.914. The van der Waals surface area contributed by atoms with Crippen LogP contribution in [0.1, 0.15) is 48.3 Å². The van der Waals surface area contributed by atoms with Crippen molar-refractivity contribution in [1.82, 2.24) is 4.90 Å². The Morgan fingerprint density at radius 1 is 1.09 bits per heavy atom. The van der Waals surface area contributed by atoms with Gasteiger partial charge in [-0.05, 0) is 36.2 Å². The predicted molar refractivity (Wildman–Crippen MR) is 130 cm³/mol. The van der Waals surface area contributed by atoms with E-state index in [2.05, 4.69) is 0 Å². The summed E-state index contributed by atoms with van der Waals surface area (Å²) in [5.41, 5.74) is 0.653. The Hall–Kier alpha value is -3.65. The number of phenols is 1. The lowest BCUT2D eigenvalue weighted by molar-refractivity contribution is -0.129. The van der Waals surface area contributed by atoms with Crippen LogP contribution in [0.4, 0.5) is 0 Å². The number of rotatable bonds is 9. The van der Waals surface area contributed by atoms with E-state index in [-0.39, 0.29) is 22.8 Å². The summed E-state index contributed by atoms with van der Waals surface area (Å²) in [6, 6.07) is 8.40. The molecule has 1 atom stereocenters. The molecule has 0 bridgehead atoms. The third-order valence-corrected chi connectivity index (χ3v) is 6.28. The number of ether oxygens (including phenoxy) is 2. The zero-order chi connectivity index (χ0) is 25.3. The molecule has 1 aliphatic rings. The molecule has 0 spiro atoms. The first kappa shape index (κ1) is 24.5. The quantitative estimate of drug-likeness (QED) is 0.292. The summed E-state index contributed by atoms with van der Waals surface area (Å²) in [5, 5.41) is 22.1. The molecule has 1 unspecified atom stereocenters. The fourth-order valence-electron chi connectivity index (χ4n) is 4.35. The molecule has 0 saturated heterocycles. The van der Waals surface area contributed by atoms with E-state index in [1.54, 1.807) is 24.3 Å². The average Bonchev–Trinajstić information content (AvgIpc) is 3.37. The van der Waals surface area contributed by atoms with Crippen molar-refractivity contribution in [1.29, 1.82) is 0 Å². The van der Waals surface area contributed by atoms with E-state index in [0.717, 1.165) is 12.8 Å². The second-order valence-corrected chi connectivity index (χ2v) is 8.70. The van der Waals surface area contributed by atoms with Crippen LogP contribution in [0.15, 0.2) is 52.1 Å². The number of methoxy groups -OCH3 is 2. The summed E-state index contributed by atoms with van der Waals surface area (Å²) < 4.78 is 16.2. The molecule has 184 valence electrons. The van der Waals surface area contributed by atoms with Crippen molar-refractivity contribution in [3.63, 3.8) is 0 Å². The van der Waals surface area contributed by atoms with Crippen LogP contribution >= 0.6 is 11.6 Å². The predicted octanol–water partition coefficient (Wildman–Crippen LogP) is 5.58. The molecule has 3 aromatic rings. The fourth-order valence-corrected chi connectivity index (χ4v) is 4.57. The number of amides is 1. The molecule has 9 heteroatoms. The van der Waals surface area contributed by atoms with Gasteiger partial charge in [0, 0.05) is 23.0 Å². The number of benzene rings is 2. The average molecular weight is 500 g/mol. The van der Waals surface area contributed by atoms with Gasteiger partial charge in [0.25, 0.3) is 5.91 Å². The van der Waals surface area contributed by atoms with Gasteiger partial charge in [-0.2, -0.15) is 0 Å². The lowest BCUT2D eigenvalue weighted by Gasteiger charge is -2.27. The van der Waals surface area contributed by atoms with Crippen molar-refractivity contribution in [2.75, 3.05) is 20.8 Å². The summed E-state index contributed by atoms with van der Waals surface area (Å²) in [7, 11) is 2.88. The summed E-state index contributed by atoms with van der Waals surface area (Å²) >= 11 is 6.14. The summed E-state index contributed by atoms with van der Waals surface area (Å²) in [6.45, 7) is 2.37. The Morgan fingerprint density at radius 2 is 1.83 bits per heavy atom. The van der Waals surface area contributed by atoms with E-state index in [4.69, 9.17) is 25.5 Å². The first-order valence-corrected chi connectivity index (χ1v) is 11.6. The highest BCUT2D eigenvalue weighted by Crippen LogP contribution is 2.42. The van der Waals surface area contributed by atoms with E-state index in [9.17, 15) is 19.8 Å². The Balaban J connectivity index is 1.81. The minimum absolute atomic E-state index is 0.0759. The molecule has 1 amide bonds. The largest absolute Gasteiger partial charge is 0.504 e. The summed E-state index contributed by atoms with van der Waals surface area (Å²) in [6.07, 6.45) is 2.50. The van der Waals surface area contributed by atoms with Crippen LogP contribution in [-0.4, -0.2) is 47.6 Å². The number of phenolic OH excluding ortho intramolecular Hbond substituents is 1. The molecule has 0 aliphatic carbocycles. The molecular weight excluding hydrogens is 474 g/mol. The van der Waals surface area contributed by atoms with Gasteiger partial charge in [0.2, 0.25) is 5.78 Å². The van der Waals surface area contributed by atoms with E-state index in [1.165, 1.54) is 31.3 Å². The number of hydrogen-bond acceptors (Lipinski definition) is 7. The molecule has 0 fully saturated rings. The molecule has 8 nitrogen and oxygen atoms in total. The number of Topliss-reactive ketones (excluding diaryl/α,β-unsaturated/α-hetero) is 1. The SMILES string of the molecule is CCCCCN1C(=O)C(O)=C(C(=O)c2cc3cc(Cl)cc(OC)c3o2)C1c1ccc(OC)c(O)c1. The number of carbonyl (C=O) groups is 2. The van der Waals surface area contributed by atoms with Gasteiger partial charge in [0.15, 0.2) is 34.4 Å². The molecule has 0 radical (unpaired) electrons. The number of hydrogen-bond donors (Lipinski definition) is 2. The van der Waals surface area contributed by atoms with Gasteiger partial charge in [0.1, 0.15) is 0 Å². The maximum atomic E-state index is 13.7. The van der Waals surface area contributed by atoms with Gasteiger partial charge in [-0.15, -0.1) is 0 Å². The molecule has 2 heterocycles. The van der Waals surface area contributed by atoms with Crippen molar-refractivity contribution in [2.24, 2.45) is 0 Å². The maximum Gasteiger partial charge on any atom is 0.290 e. The van der Waals surface area contributed by atoms with Gasteiger partial charge in [-0.1, -0.05) is 37.4 Å². The number of aliphatic hydroxyl groups is 1. The van der Waals surface area contributed by atoms with Crippen LogP contribution in [0.2, 0.25) is 5.02 Å². The van der Waals surface area contributed by atoms with Crippen molar-refractivity contribution in [3.05, 3.63) is 64.1 Å². The van der Waals surface area contributed by atoms with Crippen molar-refractivity contribution >= 4 is 34.3 Å². The second-order valence-electron chi connectivity index (χ2n) is 8.27. The Bertz CT molecular complexity index is 1330. The molecule has 35 heavy (non-hydrogen) atoms. The Kier molecular flexibility index (Phi) is 6.93. The summed E-state index contributed by atoms with van der Waals surface area (Å²) in [4.78, 5) is 28.2. The lowest BCUT2D eigenvalue weighted by Crippen LogP contribution is -2.32. The van der Waals surface area contributed by atoms with E-state index in [1.807, 2.05) is 6.92 Å². The number of aliphatic hydroxyl groups excluding tert-OH is 1. The Morgan fingerprint density at radius 3 is 2.49 bits per heavy atom. The van der Waals surface area contributed by atoms with E-state index >= 15 is 0 Å². The molecule has 4 rings (SSSR count). The van der Waals surface area contributed by atoms with Crippen LogP contribution in [0.25, 0.3) is 11.0 Å². The number of aromatic hydroxyl groups is 1. The minimum Gasteiger partial charge on any atom is -0.504 e. The molecule has 1 aromatic heterocycles. The van der Waals surface area contributed by atoms with E-state index in [0.29, 0.717) is 40.3 Å². The number of furan rings is 1. The Labute approximate surface area is 207 Å². The third-order valence-electron chi connectivity index (χ3n) is 6.06. The van der Waals surface area contributed by atoms with E-state index < -0.39 is 23.5 Å². The van der Waals surface area contributed by atoms with Crippen LogP contribution in [0, 0.1) is 0 Å². The first-order chi connectivity index (χ1) is 16.8. The smallest absolute Gasteiger partial charge is 0.290 e. The fraction of sp³-hybridized carbons (Fsp3) is 0.308. The van der Waals surface area contributed by atoms with Gasteiger partial charge in [0.05, 0.1) is 25.8 Å². The highest BCUT2D eigenvalue weighted by atomic mass is 35.5. The second kappa shape index (κ2) is 9.92. The number of unbranched alkanes of at least 4 members (excludes halogenated alkanes) is 2. The van der Waals surface area contributed by atoms with Gasteiger partial charge in [-0.3, -0.25) is 9.59 Å². The normalized spacial score (nSPS) is 15.8. The third kappa shape index (κ3) is 4.41. The highest BCUT2D eigenvalue weighted by molar-refractivity contribution is 6.31. The zero-order valence-electron chi connectivity index (χ0n) is 19.6. The summed E-state index contributed by atoms with van der Waals surface area (Å²) in [5.74, 6) is -1.56.